The zero-order valence-electron chi connectivity index (χ0n) is 8.58. The molecule has 0 aromatic carbocycles. The van der Waals surface area contributed by atoms with Crippen molar-refractivity contribution in [1.29, 1.82) is 0 Å². The molecule has 0 aromatic rings. The van der Waals surface area contributed by atoms with Crippen molar-refractivity contribution in [3.05, 3.63) is 0 Å². The molecule has 4 nitrogen and oxygen atoms in total. The Kier molecular flexibility index (Phi) is 4.25. The zero-order chi connectivity index (χ0) is 10.6. The van der Waals surface area contributed by atoms with E-state index < -0.39 is 0 Å². The number of carbonyl (C=O) groups excluding carboxylic acids is 2. The van der Waals surface area contributed by atoms with Gasteiger partial charge in [0.25, 0.3) is 0 Å². The second-order valence-corrected chi connectivity index (χ2v) is 4.30. The third-order valence-corrected chi connectivity index (χ3v) is 3.43. The molecule has 0 saturated carbocycles. The number of rotatable bonds is 4. The number of nitrogens with zero attached hydrogens (tertiary/aromatic N) is 1. The summed E-state index contributed by atoms with van der Waals surface area (Å²) >= 11 is 1.59. The van der Waals surface area contributed by atoms with E-state index in [9.17, 15) is 9.59 Å². The van der Waals surface area contributed by atoms with E-state index in [2.05, 4.69) is 5.32 Å². The largest absolute Gasteiger partial charge is 0.359 e. The van der Waals surface area contributed by atoms with Crippen LogP contribution >= 0.6 is 11.8 Å². The van der Waals surface area contributed by atoms with Crippen molar-refractivity contribution < 1.29 is 9.59 Å². The highest BCUT2D eigenvalue weighted by molar-refractivity contribution is 7.99. The summed E-state index contributed by atoms with van der Waals surface area (Å²) in [5, 5.41) is 2.66. The summed E-state index contributed by atoms with van der Waals surface area (Å²) in [6.07, 6.45) is 3.27. The molecule has 5 heteroatoms. The summed E-state index contributed by atoms with van der Waals surface area (Å²) in [4.78, 5) is 24.4. The summed E-state index contributed by atoms with van der Waals surface area (Å²) < 4.78 is 0. The molecule has 1 rings (SSSR count). The van der Waals surface area contributed by atoms with Crippen LogP contribution in [0.1, 0.15) is 12.8 Å². The first kappa shape index (κ1) is 11.4. The lowest BCUT2D eigenvalue weighted by atomic mass is 10.3. The van der Waals surface area contributed by atoms with Crippen LogP contribution in [-0.4, -0.2) is 48.4 Å². The summed E-state index contributed by atoms with van der Waals surface area (Å²) in [6.45, 7) is 1.34. The van der Waals surface area contributed by atoms with Gasteiger partial charge in [0.1, 0.15) is 0 Å². The third-order valence-electron chi connectivity index (χ3n) is 2.42. The van der Waals surface area contributed by atoms with Crippen LogP contribution in [0.3, 0.4) is 0 Å². The van der Waals surface area contributed by atoms with Crippen LogP contribution in [-0.2, 0) is 9.59 Å². The Bertz CT molecular complexity index is 233. The lowest BCUT2D eigenvalue weighted by molar-refractivity contribution is -0.128. The zero-order valence-corrected chi connectivity index (χ0v) is 9.39. The summed E-state index contributed by atoms with van der Waals surface area (Å²) in [7, 11) is 1.61. The molecule has 1 atom stereocenters. The minimum absolute atomic E-state index is 0.00889. The fraction of sp³-hybridized carbons (Fsp3) is 0.778. The van der Waals surface area contributed by atoms with Crippen LogP contribution in [0.2, 0.25) is 0 Å². The molecule has 0 radical (unpaired) electrons. The fourth-order valence-electron chi connectivity index (χ4n) is 1.51. The van der Waals surface area contributed by atoms with E-state index >= 15 is 0 Å². The Morgan fingerprint density at radius 1 is 1.71 bits per heavy atom. The maximum absolute atomic E-state index is 11.6. The van der Waals surface area contributed by atoms with E-state index in [0.717, 1.165) is 13.0 Å². The topological polar surface area (TPSA) is 49.4 Å². The van der Waals surface area contributed by atoms with Crippen LogP contribution < -0.4 is 5.32 Å². The van der Waals surface area contributed by atoms with Crippen molar-refractivity contribution in [2.75, 3.05) is 26.4 Å². The molecule has 1 unspecified atom stereocenters. The molecule has 14 heavy (non-hydrogen) atoms. The van der Waals surface area contributed by atoms with E-state index in [1.54, 1.807) is 23.7 Å². The molecule has 0 aromatic heterocycles. The maximum atomic E-state index is 11.6. The molecule has 0 aliphatic carbocycles. The van der Waals surface area contributed by atoms with Crippen LogP contribution in [0.15, 0.2) is 0 Å². The van der Waals surface area contributed by atoms with Crippen LogP contribution in [0.4, 0.5) is 0 Å². The van der Waals surface area contributed by atoms with Crippen LogP contribution in [0, 0.1) is 0 Å². The number of carbonyl (C=O) groups is 2. The van der Waals surface area contributed by atoms with Crippen molar-refractivity contribution in [3.8, 4) is 0 Å². The lowest BCUT2D eigenvalue weighted by Crippen LogP contribution is -2.32. The molecule has 1 saturated heterocycles. The molecule has 80 valence electrons. The first-order valence-electron chi connectivity index (χ1n) is 4.71. The van der Waals surface area contributed by atoms with Gasteiger partial charge in [0.05, 0.1) is 5.25 Å². The fourth-order valence-corrected chi connectivity index (χ4v) is 2.20. The number of amides is 2. The third kappa shape index (κ3) is 2.64. The van der Waals surface area contributed by atoms with Crippen LogP contribution in [0.25, 0.3) is 0 Å². The highest BCUT2D eigenvalue weighted by atomic mass is 32.2. The SMILES string of the molecule is CNC(=O)CCN1CCC(SC)C1=O. The van der Waals surface area contributed by atoms with Gasteiger partial charge in [-0.15, -0.1) is 0 Å². The first-order valence-corrected chi connectivity index (χ1v) is 6.00. The van der Waals surface area contributed by atoms with Crippen molar-refractivity contribution in [3.63, 3.8) is 0 Å². The Hall–Kier alpha value is -0.710. The molecule has 1 aliphatic rings. The Labute approximate surface area is 88.4 Å². The first-order chi connectivity index (χ1) is 6.69. The number of hydrogen-bond donors (Lipinski definition) is 1. The van der Waals surface area contributed by atoms with E-state index in [1.807, 2.05) is 6.26 Å². The minimum atomic E-state index is -0.00889. The molecular formula is C9H16N2O2S. The van der Waals surface area contributed by atoms with Gasteiger partial charge in [-0.25, -0.2) is 0 Å². The summed E-state index contributed by atoms with van der Waals surface area (Å²) in [5.41, 5.74) is 0. The predicted octanol–water partition coefficient (Wildman–Crippen LogP) is 0.0864. The number of nitrogens with one attached hydrogen (secondary N) is 1. The van der Waals surface area contributed by atoms with E-state index in [4.69, 9.17) is 0 Å². The second-order valence-electron chi connectivity index (χ2n) is 3.26. The average Bonchev–Trinajstić information content (AvgIpc) is 2.56. The van der Waals surface area contributed by atoms with E-state index in [1.165, 1.54) is 0 Å². The Morgan fingerprint density at radius 2 is 2.43 bits per heavy atom. The van der Waals surface area contributed by atoms with Crippen molar-refractivity contribution >= 4 is 23.6 Å². The van der Waals surface area contributed by atoms with Gasteiger partial charge in [-0.2, -0.15) is 11.8 Å². The van der Waals surface area contributed by atoms with Crippen molar-refractivity contribution in [2.45, 2.75) is 18.1 Å². The standard InChI is InChI=1S/C9H16N2O2S/c1-10-8(12)4-6-11-5-3-7(14-2)9(11)13/h7H,3-6H2,1-2H3,(H,10,12). The smallest absolute Gasteiger partial charge is 0.235 e. The quantitative estimate of drug-likeness (QED) is 0.724. The van der Waals surface area contributed by atoms with Crippen molar-refractivity contribution in [2.24, 2.45) is 0 Å². The summed E-state index contributed by atoms with van der Waals surface area (Å²) in [5.74, 6) is 0.173. The normalized spacial score (nSPS) is 21.4. The predicted molar refractivity (Wildman–Crippen MR) is 57.2 cm³/mol. The van der Waals surface area contributed by atoms with Gasteiger partial charge in [-0.3, -0.25) is 9.59 Å². The minimum Gasteiger partial charge on any atom is -0.359 e. The number of hydrogen-bond acceptors (Lipinski definition) is 3. The molecule has 2 amide bonds. The van der Waals surface area contributed by atoms with Gasteiger partial charge in [0, 0.05) is 26.6 Å². The lowest BCUT2D eigenvalue weighted by Gasteiger charge is -2.15. The van der Waals surface area contributed by atoms with E-state index in [-0.39, 0.29) is 17.1 Å². The molecule has 1 N–H and O–H groups in total. The monoisotopic (exact) mass is 216 g/mol. The molecular weight excluding hydrogens is 200 g/mol. The van der Waals surface area contributed by atoms with E-state index in [0.29, 0.717) is 13.0 Å². The van der Waals surface area contributed by atoms with Gasteiger partial charge < -0.3 is 10.2 Å². The highest BCUT2D eigenvalue weighted by Gasteiger charge is 2.30. The van der Waals surface area contributed by atoms with Gasteiger partial charge >= 0.3 is 0 Å². The van der Waals surface area contributed by atoms with Crippen molar-refractivity contribution in [1.82, 2.24) is 10.2 Å². The molecule has 1 heterocycles. The maximum Gasteiger partial charge on any atom is 0.235 e. The number of thioether (sulfide) groups is 1. The highest BCUT2D eigenvalue weighted by Crippen LogP contribution is 2.21. The van der Waals surface area contributed by atoms with Gasteiger partial charge in [-0.1, -0.05) is 0 Å². The van der Waals surface area contributed by atoms with Gasteiger partial charge in [0.15, 0.2) is 0 Å². The van der Waals surface area contributed by atoms with Gasteiger partial charge in [-0.05, 0) is 12.7 Å². The molecule has 0 bridgehead atoms. The average molecular weight is 216 g/mol. The number of likely N-dealkylation sites (tertiary alicyclic amines) is 1. The second kappa shape index (κ2) is 5.24. The summed E-state index contributed by atoms with van der Waals surface area (Å²) in [6, 6.07) is 0. The Balaban J connectivity index is 2.33. The molecule has 1 aliphatic heterocycles. The Morgan fingerprint density at radius 3 is 2.93 bits per heavy atom. The van der Waals surface area contributed by atoms with Crippen LogP contribution in [0.5, 0.6) is 0 Å². The molecule has 1 fully saturated rings. The molecule has 0 spiro atoms. The van der Waals surface area contributed by atoms with Gasteiger partial charge in [0.2, 0.25) is 11.8 Å².